The number of benzene rings is 1. The van der Waals surface area contributed by atoms with Crippen molar-refractivity contribution in [1.82, 2.24) is 4.90 Å². The zero-order valence-electron chi connectivity index (χ0n) is 12.2. The molecule has 20 heavy (non-hydrogen) atoms. The summed E-state index contributed by atoms with van der Waals surface area (Å²) in [6.07, 6.45) is -0.803. The van der Waals surface area contributed by atoms with Crippen LogP contribution in [0.1, 0.15) is 5.56 Å². The first-order valence-corrected chi connectivity index (χ1v) is 6.50. The van der Waals surface area contributed by atoms with Gasteiger partial charge in [-0.1, -0.05) is 6.07 Å². The van der Waals surface area contributed by atoms with Crippen LogP contribution in [0.5, 0.6) is 0 Å². The maximum Gasteiger partial charge on any atom is 0.238 e. The van der Waals surface area contributed by atoms with Gasteiger partial charge in [0, 0.05) is 17.9 Å². The van der Waals surface area contributed by atoms with Gasteiger partial charge < -0.3 is 25.7 Å². The Morgan fingerprint density at radius 1 is 1.40 bits per heavy atom. The second kappa shape index (κ2) is 7.84. The zero-order chi connectivity index (χ0) is 15.1. The number of aliphatic hydroxyl groups is 2. The van der Waals surface area contributed by atoms with Gasteiger partial charge in [-0.3, -0.25) is 4.79 Å². The summed E-state index contributed by atoms with van der Waals surface area (Å²) in [5.74, 6) is -0.0781. The minimum atomic E-state index is -0.803. The van der Waals surface area contributed by atoms with Crippen LogP contribution in [0.15, 0.2) is 18.2 Å². The van der Waals surface area contributed by atoms with E-state index in [9.17, 15) is 9.90 Å². The number of hydrogen-bond acceptors (Lipinski definition) is 5. The SMILES string of the molecule is Cc1ccc(NCC(O)CO)cc1NC(=O)CN(C)C. The summed E-state index contributed by atoms with van der Waals surface area (Å²) in [5.41, 5.74) is 2.48. The predicted octanol–water partition coefficient (Wildman–Crippen LogP) is 0.260. The molecular weight excluding hydrogens is 258 g/mol. The molecule has 0 saturated heterocycles. The van der Waals surface area contributed by atoms with Gasteiger partial charge in [0.2, 0.25) is 5.91 Å². The lowest BCUT2D eigenvalue weighted by atomic mass is 10.1. The van der Waals surface area contributed by atoms with Crippen molar-refractivity contribution in [3.8, 4) is 0 Å². The van der Waals surface area contributed by atoms with E-state index in [-0.39, 0.29) is 19.1 Å². The molecule has 4 N–H and O–H groups in total. The van der Waals surface area contributed by atoms with Crippen LogP contribution in [0.3, 0.4) is 0 Å². The summed E-state index contributed by atoms with van der Waals surface area (Å²) in [5, 5.41) is 23.9. The average molecular weight is 281 g/mol. The molecule has 1 unspecified atom stereocenters. The molecule has 0 fully saturated rings. The first kappa shape index (κ1) is 16.4. The quantitative estimate of drug-likeness (QED) is 0.576. The third-order valence-electron chi connectivity index (χ3n) is 2.72. The molecule has 0 radical (unpaired) electrons. The van der Waals surface area contributed by atoms with E-state index in [0.29, 0.717) is 6.54 Å². The van der Waals surface area contributed by atoms with Gasteiger partial charge in [-0.05, 0) is 38.7 Å². The maximum absolute atomic E-state index is 11.8. The van der Waals surface area contributed by atoms with E-state index in [1.165, 1.54) is 0 Å². The highest BCUT2D eigenvalue weighted by Crippen LogP contribution is 2.20. The van der Waals surface area contributed by atoms with Crippen molar-refractivity contribution < 1.29 is 15.0 Å². The van der Waals surface area contributed by atoms with E-state index in [1.807, 2.05) is 39.2 Å². The normalized spacial score (nSPS) is 12.3. The Hall–Kier alpha value is -1.63. The minimum Gasteiger partial charge on any atom is -0.394 e. The van der Waals surface area contributed by atoms with Crippen LogP contribution >= 0.6 is 0 Å². The first-order valence-electron chi connectivity index (χ1n) is 6.50. The molecule has 0 heterocycles. The lowest BCUT2D eigenvalue weighted by Gasteiger charge is -2.15. The van der Waals surface area contributed by atoms with Gasteiger partial charge in [-0.2, -0.15) is 0 Å². The predicted molar refractivity (Wildman–Crippen MR) is 79.9 cm³/mol. The lowest BCUT2D eigenvalue weighted by Crippen LogP contribution is -2.27. The molecular formula is C14H23N3O3. The molecule has 0 aromatic heterocycles. The van der Waals surface area contributed by atoms with Crippen molar-refractivity contribution >= 4 is 17.3 Å². The molecule has 1 aromatic carbocycles. The zero-order valence-corrected chi connectivity index (χ0v) is 12.2. The Balaban J connectivity index is 2.68. The van der Waals surface area contributed by atoms with Gasteiger partial charge in [-0.15, -0.1) is 0 Å². The van der Waals surface area contributed by atoms with E-state index >= 15 is 0 Å². The number of hydrogen-bond donors (Lipinski definition) is 4. The molecule has 0 aliphatic carbocycles. The molecule has 1 atom stereocenters. The highest BCUT2D eigenvalue weighted by Gasteiger charge is 2.07. The molecule has 0 aliphatic rings. The topological polar surface area (TPSA) is 84.8 Å². The van der Waals surface area contributed by atoms with Crippen LogP contribution < -0.4 is 10.6 Å². The third-order valence-corrected chi connectivity index (χ3v) is 2.72. The fourth-order valence-electron chi connectivity index (χ4n) is 1.64. The molecule has 1 rings (SSSR count). The number of likely N-dealkylation sites (N-methyl/N-ethyl adjacent to an activating group) is 1. The van der Waals surface area contributed by atoms with Crippen molar-refractivity contribution in [2.24, 2.45) is 0 Å². The second-order valence-corrected chi connectivity index (χ2v) is 5.03. The van der Waals surface area contributed by atoms with Gasteiger partial charge in [0.25, 0.3) is 0 Å². The summed E-state index contributed by atoms with van der Waals surface area (Å²) in [6, 6.07) is 5.56. The monoisotopic (exact) mass is 281 g/mol. The molecule has 1 amide bonds. The largest absolute Gasteiger partial charge is 0.394 e. The van der Waals surface area contributed by atoms with E-state index in [1.54, 1.807) is 4.90 Å². The number of rotatable bonds is 7. The number of carbonyl (C=O) groups excluding carboxylic acids is 1. The lowest BCUT2D eigenvalue weighted by molar-refractivity contribution is -0.116. The van der Waals surface area contributed by atoms with Crippen molar-refractivity contribution in [1.29, 1.82) is 0 Å². The number of nitrogens with zero attached hydrogens (tertiary/aromatic N) is 1. The molecule has 1 aromatic rings. The number of nitrogens with one attached hydrogen (secondary N) is 2. The van der Waals surface area contributed by atoms with Gasteiger partial charge in [0.05, 0.1) is 19.3 Å². The van der Waals surface area contributed by atoms with Crippen molar-refractivity contribution in [2.45, 2.75) is 13.0 Å². The molecule has 112 valence electrons. The number of aliphatic hydroxyl groups excluding tert-OH is 2. The highest BCUT2D eigenvalue weighted by molar-refractivity contribution is 5.93. The van der Waals surface area contributed by atoms with Gasteiger partial charge in [0.1, 0.15) is 0 Å². The van der Waals surface area contributed by atoms with Crippen LogP contribution in [0.25, 0.3) is 0 Å². The van der Waals surface area contributed by atoms with Gasteiger partial charge >= 0.3 is 0 Å². The second-order valence-electron chi connectivity index (χ2n) is 5.03. The summed E-state index contributed by atoms with van der Waals surface area (Å²) in [7, 11) is 3.67. The van der Waals surface area contributed by atoms with Crippen LogP contribution in [0.4, 0.5) is 11.4 Å². The van der Waals surface area contributed by atoms with E-state index in [0.717, 1.165) is 16.9 Å². The van der Waals surface area contributed by atoms with Gasteiger partial charge in [-0.25, -0.2) is 0 Å². The maximum atomic E-state index is 11.8. The van der Waals surface area contributed by atoms with E-state index in [4.69, 9.17) is 5.11 Å². The highest BCUT2D eigenvalue weighted by atomic mass is 16.3. The fraction of sp³-hybridized carbons (Fsp3) is 0.500. The Labute approximate surface area is 119 Å². The van der Waals surface area contributed by atoms with Crippen LogP contribution in [0, 0.1) is 6.92 Å². The molecule has 6 heteroatoms. The summed E-state index contributed by atoms with van der Waals surface area (Å²) >= 11 is 0. The molecule has 0 saturated carbocycles. The third kappa shape index (κ3) is 5.56. The smallest absolute Gasteiger partial charge is 0.238 e. The van der Waals surface area contributed by atoms with Crippen molar-refractivity contribution in [2.75, 3.05) is 44.4 Å². The number of carbonyl (C=O) groups is 1. The summed E-state index contributed by atoms with van der Waals surface area (Å²) in [4.78, 5) is 13.5. The van der Waals surface area contributed by atoms with E-state index in [2.05, 4.69) is 10.6 Å². The standard InChI is InChI=1S/C14H23N3O3/c1-10-4-5-11(15-7-12(19)9-18)6-13(10)16-14(20)8-17(2)3/h4-6,12,15,18-19H,7-9H2,1-3H3,(H,16,20). The number of amides is 1. The Morgan fingerprint density at radius 2 is 2.10 bits per heavy atom. The minimum absolute atomic E-state index is 0.0781. The first-order chi connectivity index (χ1) is 9.42. The average Bonchev–Trinajstić information content (AvgIpc) is 2.38. The molecule has 0 bridgehead atoms. The van der Waals surface area contributed by atoms with E-state index < -0.39 is 6.10 Å². The Bertz CT molecular complexity index is 449. The summed E-state index contributed by atoms with van der Waals surface area (Å²) < 4.78 is 0. The van der Waals surface area contributed by atoms with Gasteiger partial charge in [0.15, 0.2) is 0 Å². The van der Waals surface area contributed by atoms with Crippen LogP contribution in [0.2, 0.25) is 0 Å². The summed E-state index contributed by atoms with van der Waals surface area (Å²) in [6.45, 7) is 2.20. The van der Waals surface area contributed by atoms with Crippen molar-refractivity contribution in [3.63, 3.8) is 0 Å². The van der Waals surface area contributed by atoms with Crippen LogP contribution in [-0.2, 0) is 4.79 Å². The molecule has 0 spiro atoms. The van der Waals surface area contributed by atoms with Crippen LogP contribution in [-0.4, -0.2) is 60.9 Å². The molecule has 6 nitrogen and oxygen atoms in total. The Morgan fingerprint density at radius 3 is 2.70 bits per heavy atom. The number of aryl methyl sites for hydroxylation is 1. The Kier molecular flexibility index (Phi) is 6.44. The fourth-order valence-corrected chi connectivity index (χ4v) is 1.64. The van der Waals surface area contributed by atoms with Crippen molar-refractivity contribution in [3.05, 3.63) is 23.8 Å². The number of anilines is 2. The molecule has 0 aliphatic heterocycles.